The molecule has 2 rings (SSSR count). The SMILES string of the molecule is Cc1nc(C(=O)Nc2cccc(C)c2C(N)=S)cs1. The van der Waals surface area contributed by atoms with Crippen molar-refractivity contribution in [2.75, 3.05) is 5.32 Å². The molecular formula is C13H13N3OS2. The minimum Gasteiger partial charge on any atom is -0.389 e. The Morgan fingerprint density at radius 3 is 2.74 bits per heavy atom. The van der Waals surface area contributed by atoms with Crippen LogP contribution in [0.2, 0.25) is 0 Å². The second kappa shape index (κ2) is 5.46. The Morgan fingerprint density at radius 1 is 1.42 bits per heavy atom. The number of carbonyl (C=O) groups is 1. The van der Waals surface area contributed by atoms with E-state index in [4.69, 9.17) is 18.0 Å². The molecule has 1 aromatic heterocycles. The standard InChI is InChI=1S/C13H13N3OS2/c1-7-4-3-5-9(11(7)12(14)18)16-13(17)10-6-19-8(2)15-10/h3-6H,1-2H3,(H2,14,18)(H,16,17). The van der Waals surface area contributed by atoms with Crippen molar-refractivity contribution in [3.63, 3.8) is 0 Å². The smallest absolute Gasteiger partial charge is 0.275 e. The molecule has 0 radical (unpaired) electrons. The molecule has 0 spiro atoms. The number of carbonyl (C=O) groups excluding carboxylic acids is 1. The van der Waals surface area contributed by atoms with Crippen molar-refractivity contribution in [1.82, 2.24) is 4.98 Å². The molecule has 0 bridgehead atoms. The fourth-order valence-corrected chi connectivity index (χ4v) is 2.62. The van der Waals surface area contributed by atoms with Crippen LogP contribution in [0.3, 0.4) is 0 Å². The number of benzene rings is 1. The van der Waals surface area contributed by atoms with Crippen LogP contribution in [0.5, 0.6) is 0 Å². The van der Waals surface area contributed by atoms with Gasteiger partial charge >= 0.3 is 0 Å². The summed E-state index contributed by atoms with van der Waals surface area (Å²) in [6, 6.07) is 5.52. The quantitative estimate of drug-likeness (QED) is 0.853. The molecule has 0 aliphatic rings. The highest BCUT2D eigenvalue weighted by Gasteiger charge is 2.14. The van der Waals surface area contributed by atoms with Crippen LogP contribution in [0.1, 0.15) is 26.6 Å². The Hall–Kier alpha value is -1.79. The number of rotatable bonds is 3. The van der Waals surface area contributed by atoms with Gasteiger partial charge in [-0.25, -0.2) is 4.98 Å². The molecular weight excluding hydrogens is 278 g/mol. The van der Waals surface area contributed by atoms with Crippen LogP contribution in [0.15, 0.2) is 23.6 Å². The summed E-state index contributed by atoms with van der Waals surface area (Å²) in [5, 5.41) is 5.37. The highest BCUT2D eigenvalue weighted by atomic mass is 32.1. The molecule has 2 aromatic rings. The highest BCUT2D eigenvalue weighted by Crippen LogP contribution is 2.20. The number of nitrogens with zero attached hydrogens (tertiary/aromatic N) is 1. The van der Waals surface area contributed by atoms with Gasteiger partial charge in [0.2, 0.25) is 0 Å². The second-order valence-corrected chi connectivity index (χ2v) is 5.57. The van der Waals surface area contributed by atoms with E-state index in [1.54, 1.807) is 11.4 Å². The van der Waals surface area contributed by atoms with Gasteiger partial charge in [-0.3, -0.25) is 4.79 Å². The summed E-state index contributed by atoms with van der Waals surface area (Å²) in [6.45, 7) is 3.76. The molecule has 1 heterocycles. The predicted octanol–water partition coefficient (Wildman–Crippen LogP) is 2.65. The lowest BCUT2D eigenvalue weighted by atomic mass is 10.1. The highest BCUT2D eigenvalue weighted by molar-refractivity contribution is 7.80. The molecule has 98 valence electrons. The molecule has 0 fully saturated rings. The molecule has 0 aliphatic carbocycles. The Bertz CT molecular complexity index is 649. The Kier molecular flexibility index (Phi) is 3.92. The third kappa shape index (κ3) is 2.97. The van der Waals surface area contributed by atoms with Gasteiger partial charge in [-0.1, -0.05) is 24.4 Å². The first-order valence-corrected chi connectivity index (χ1v) is 6.90. The number of anilines is 1. The fraction of sp³-hybridized carbons (Fsp3) is 0.154. The third-order valence-corrected chi connectivity index (χ3v) is 3.60. The molecule has 0 aliphatic heterocycles. The molecule has 0 unspecified atom stereocenters. The first-order chi connectivity index (χ1) is 8.99. The van der Waals surface area contributed by atoms with Gasteiger partial charge in [0, 0.05) is 10.9 Å². The van der Waals surface area contributed by atoms with E-state index in [-0.39, 0.29) is 10.9 Å². The number of aryl methyl sites for hydroxylation is 2. The van der Waals surface area contributed by atoms with E-state index in [2.05, 4.69) is 10.3 Å². The van der Waals surface area contributed by atoms with Crippen molar-refractivity contribution in [3.05, 3.63) is 45.4 Å². The van der Waals surface area contributed by atoms with E-state index in [9.17, 15) is 4.79 Å². The molecule has 1 amide bonds. The maximum absolute atomic E-state index is 12.1. The van der Waals surface area contributed by atoms with Gasteiger partial charge in [0.15, 0.2) is 0 Å². The van der Waals surface area contributed by atoms with E-state index in [0.717, 1.165) is 10.6 Å². The molecule has 0 atom stereocenters. The molecule has 6 heteroatoms. The summed E-state index contributed by atoms with van der Waals surface area (Å²) >= 11 is 6.46. The number of aromatic nitrogens is 1. The normalized spacial score (nSPS) is 10.2. The minimum atomic E-state index is -0.257. The number of nitrogens with two attached hydrogens (primary N) is 1. The lowest BCUT2D eigenvalue weighted by Crippen LogP contribution is -2.19. The van der Waals surface area contributed by atoms with Gasteiger partial charge in [-0.2, -0.15) is 0 Å². The molecule has 3 N–H and O–H groups in total. The number of amides is 1. The average molecular weight is 291 g/mol. The number of thiazole rings is 1. The number of nitrogens with one attached hydrogen (secondary N) is 1. The van der Waals surface area contributed by atoms with Crippen LogP contribution < -0.4 is 11.1 Å². The van der Waals surface area contributed by atoms with Crippen LogP contribution >= 0.6 is 23.6 Å². The van der Waals surface area contributed by atoms with Crippen molar-refractivity contribution in [2.24, 2.45) is 5.73 Å². The average Bonchev–Trinajstić information content (AvgIpc) is 2.75. The van der Waals surface area contributed by atoms with E-state index < -0.39 is 0 Å². The first-order valence-electron chi connectivity index (χ1n) is 5.62. The topological polar surface area (TPSA) is 68.0 Å². The van der Waals surface area contributed by atoms with E-state index in [0.29, 0.717) is 16.9 Å². The minimum absolute atomic E-state index is 0.257. The Morgan fingerprint density at radius 2 is 2.16 bits per heavy atom. The van der Waals surface area contributed by atoms with E-state index in [1.165, 1.54) is 11.3 Å². The van der Waals surface area contributed by atoms with Crippen molar-refractivity contribution in [3.8, 4) is 0 Å². The summed E-state index contributed by atoms with van der Waals surface area (Å²) < 4.78 is 0. The van der Waals surface area contributed by atoms with Gasteiger partial charge in [0.1, 0.15) is 10.7 Å². The molecule has 0 saturated carbocycles. The van der Waals surface area contributed by atoms with Gasteiger partial charge in [0.05, 0.1) is 10.7 Å². The summed E-state index contributed by atoms with van der Waals surface area (Å²) in [6.07, 6.45) is 0. The third-order valence-electron chi connectivity index (χ3n) is 2.62. The lowest BCUT2D eigenvalue weighted by Gasteiger charge is -2.11. The summed E-state index contributed by atoms with van der Waals surface area (Å²) in [4.78, 5) is 16.5. The maximum Gasteiger partial charge on any atom is 0.275 e. The van der Waals surface area contributed by atoms with Crippen molar-refractivity contribution in [1.29, 1.82) is 0 Å². The van der Waals surface area contributed by atoms with Gasteiger partial charge in [0.25, 0.3) is 5.91 Å². The van der Waals surface area contributed by atoms with Gasteiger partial charge < -0.3 is 11.1 Å². The van der Waals surface area contributed by atoms with Crippen molar-refractivity contribution < 1.29 is 4.79 Å². The zero-order valence-corrected chi connectivity index (χ0v) is 12.2. The monoisotopic (exact) mass is 291 g/mol. The summed E-state index contributed by atoms with van der Waals surface area (Å²) in [5.41, 5.74) is 8.34. The molecule has 19 heavy (non-hydrogen) atoms. The largest absolute Gasteiger partial charge is 0.389 e. The van der Waals surface area contributed by atoms with Crippen LogP contribution in [0, 0.1) is 13.8 Å². The lowest BCUT2D eigenvalue weighted by molar-refractivity contribution is 0.102. The number of thiocarbonyl (C=S) groups is 1. The van der Waals surface area contributed by atoms with Crippen LogP contribution in [0.4, 0.5) is 5.69 Å². The van der Waals surface area contributed by atoms with Gasteiger partial charge in [-0.05, 0) is 25.5 Å². The predicted molar refractivity (Wildman–Crippen MR) is 81.9 cm³/mol. The first kappa shape index (κ1) is 13.6. The second-order valence-electron chi connectivity index (χ2n) is 4.07. The molecule has 1 aromatic carbocycles. The molecule has 0 saturated heterocycles. The number of hydrogen-bond acceptors (Lipinski definition) is 4. The fourth-order valence-electron chi connectivity index (χ4n) is 1.75. The van der Waals surface area contributed by atoms with Crippen LogP contribution in [0.25, 0.3) is 0 Å². The zero-order valence-electron chi connectivity index (χ0n) is 10.6. The van der Waals surface area contributed by atoms with Crippen LogP contribution in [-0.4, -0.2) is 15.9 Å². The maximum atomic E-state index is 12.1. The Labute approximate surface area is 120 Å². The van der Waals surface area contributed by atoms with E-state index >= 15 is 0 Å². The zero-order chi connectivity index (χ0) is 14.0. The van der Waals surface area contributed by atoms with Crippen molar-refractivity contribution >= 4 is 40.1 Å². The number of hydrogen-bond donors (Lipinski definition) is 2. The summed E-state index contributed by atoms with van der Waals surface area (Å²) in [7, 11) is 0. The molecule has 4 nitrogen and oxygen atoms in total. The summed E-state index contributed by atoms with van der Waals surface area (Å²) in [5.74, 6) is -0.257. The Balaban J connectivity index is 2.31. The van der Waals surface area contributed by atoms with Crippen molar-refractivity contribution in [2.45, 2.75) is 13.8 Å². The van der Waals surface area contributed by atoms with Gasteiger partial charge in [-0.15, -0.1) is 11.3 Å². The van der Waals surface area contributed by atoms with E-state index in [1.807, 2.05) is 26.0 Å². The van der Waals surface area contributed by atoms with Crippen LogP contribution in [-0.2, 0) is 0 Å².